The molecule has 152 valence electrons. The van der Waals surface area contributed by atoms with E-state index in [0.29, 0.717) is 40.8 Å². The van der Waals surface area contributed by atoms with Gasteiger partial charge in [-0.05, 0) is 97.7 Å². The first-order valence-corrected chi connectivity index (χ1v) is 11.5. The fraction of sp³-hybridized carbons (Fsp3) is 0.917. The van der Waals surface area contributed by atoms with E-state index in [1.165, 1.54) is 38.5 Å². The Labute approximate surface area is 164 Å². The summed E-state index contributed by atoms with van der Waals surface area (Å²) >= 11 is 0. The number of aliphatic carboxylic acids is 1. The first kappa shape index (κ1) is 19.5. The zero-order valence-corrected chi connectivity index (χ0v) is 17.5. The number of carboxylic acids is 1. The minimum atomic E-state index is -0.650. The average molecular weight is 375 g/mol. The molecule has 0 aromatic heterocycles. The van der Waals surface area contributed by atoms with Gasteiger partial charge in [-0.1, -0.05) is 20.8 Å². The van der Waals surface area contributed by atoms with Gasteiger partial charge in [0.25, 0.3) is 0 Å². The topological polar surface area (TPSA) is 54.4 Å². The standard InChI is InChI=1S/C24H38O3/c1-15(4-9-22(26)27)19-7-8-20-18-6-5-16-14-17(25)10-12-23(16,2)21(18)11-13-24(19,20)3/h15-16,18-21H,4-14H2,1-3H3,(H,26,27)/t15-,16+,18?,19+,20?,21?,23-,24+/m0/s1. The SMILES string of the molecule is C[C@@H](CCC(=O)O)[C@H]1CCC2C3CC[C@@H]4CC(=O)CC[C@]4(C)C3CC[C@@]21C. The Balaban J connectivity index is 1.52. The minimum absolute atomic E-state index is 0.318. The van der Waals surface area contributed by atoms with Gasteiger partial charge in [-0.15, -0.1) is 0 Å². The van der Waals surface area contributed by atoms with E-state index < -0.39 is 5.97 Å². The maximum Gasteiger partial charge on any atom is 0.303 e. The highest BCUT2D eigenvalue weighted by Crippen LogP contribution is 2.68. The largest absolute Gasteiger partial charge is 0.481 e. The van der Waals surface area contributed by atoms with Gasteiger partial charge in [-0.2, -0.15) is 0 Å². The number of hydrogen-bond donors (Lipinski definition) is 1. The second-order valence-corrected chi connectivity index (χ2v) is 11.0. The maximum atomic E-state index is 12.0. The van der Waals surface area contributed by atoms with Gasteiger partial charge in [0.15, 0.2) is 0 Å². The van der Waals surface area contributed by atoms with Crippen molar-refractivity contribution < 1.29 is 14.7 Å². The Morgan fingerprint density at radius 3 is 2.56 bits per heavy atom. The molecular weight excluding hydrogens is 336 g/mol. The smallest absolute Gasteiger partial charge is 0.303 e. The number of carbonyl (C=O) groups is 2. The molecule has 0 aromatic rings. The molecule has 0 saturated heterocycles. The van der Waals surface area contributed by atoms with E-state index in [1.807, 2.05) is 0 Å². The third-order valence-corrected chi connectivity index (χ3v) is 10.1. The summed E-state index contributed by atoms with van der Waals surface area (Å²) in [6.45, 7) is 7.37. The Hall–Kier alpha value is -0.860. The summed E-state index contributed by atoms with van der Waals surface area (Å²) < 4.78 is 0. The number of rotatable bonds is 4. The summed E-state index contributed by atoms with van der Waals surface area (Å²) in [7, 11) is 0. The Bertz CT molecular complexity index is 613. The van der Waals surface area contributed by atoms with Crippen LogP contribution in [0, 0.1) is 46.3 Å². The van der Waals surface area contributed by atoms with Gasteiger partial charge < -0.3 is 5.11 Å². The molecule has 0 radical (unpaired) electrons. The van der Waals surface area contributed by atoms with E-state index in [2.05, 4.69) is 20.8 Å². The fourth-order valence-corrected chi connectivity index (χ4v) is 8.57. The van der Waals surface area contributed by atoms with E-state index in [0.717, 1.165) is 43.4 Å². The van der Waals surface area contributed by atoms with E-state index in [9.17, 15) is 9.59 Å². The van der Waals surface area contributed by atoms with Gasteiger partial charge in [0.1, 0.15) is 5.78 Å². The molecule has 1 N–H and O–H groups in total. The first-order chi connectivity index (χ1) is 12.8. The number of fused-ring (bicyclic) bond motifs is 5. The highest BCUT2D eigenvalue weighted by molar-refractivity contribution is 5.79. The maximum absolute atomic E-state index is 12.0. The van der Waals surface area contributed by atoms with Crippen molar-refractivity contribution in [1.29, 1.82) is 0 Å². The molecule has 4 fully saturated rings. The van der Waals surface area contributed by atoms with Crippen LogP contribution in [0.3, 0.4) is 0 Å². The van der Waals surface area contributed by atoms with Crippen molar-refractivity contribution >= 4 is 11.8 Å². The second-order valence-electron chi connectivity index (χ2n) is 11.0. The molecule has 0 spiro atoms. The quantitative estimate of drug-likeness (QED) is 0.685. The number of hydrogen-bond acceptors (Lipinski definition) is 2. The minimum Gasteiger partial charge on any atom is -0.481 e. The average Bonchev–Trinajstić information content (AvgIpc) is 2.97. The molecule has 27 heavy (non-hydrogen) atoms. The molecule has 4 aliphatic carbocycles. The van der Waals surface area contributed by atoms with Crippen LogP contribution in [0.4, 0.5) is 0 Å². The van der Waals surface area contributed by atoms with Crippen LogP contribution >= 0.6 is 0 Å². The highest BCUT2D eigenvalue weighted by atomic mass is 16.4. The molecule has 8 atom stereocenters. The first-order valence-electron chi connectivity index (χ1n) is 11.5. The lowest BCUT2D eigenvalue weighted by atomic mass is 9.44. The van der Waals surface area contributed by atoms with E-state index in [1.54, 1.807) is 0 Å². The highest BCUT2D eigenvalue weighted by Gasteiger charge is 2.60. The van der Waals surface area contributed by atoms with E-state index in [4.69, 9.17) is 5.11 Å². The Morgan fingerprint density at radius 2 is 1.81 bits per heavy atom. The molecule has 4 aliphatic rings. The molecule has 0 amide bonds. The summed E-state index contributed by atoms with van der Waals surface area (Å²) in [6, 6.07) is 0. The van der Waals surface area contributed by atoms with Crippen molar-refractivity contribution in [1.82, 2.24) is 0 Å². The summed E-state index contributed by atoms with van der Waals surface area (Å²) in [5.41, 5.74) is 0.804. The van der Waals surface area contributed by atoms with E-state index >= 15 is 0 Å². The summed E-state index contributed by atoms with van der Waals surface area (Å²) in [4.78, 5) is 23.1. The van der Waals surface area contributed by atoms with Crippen LogP contribution in [-0.4, -0.2) is 16.9 Å². The molecule has 0 aliphatic heterocycles. The zero-order chi connectivity index (χ0) is 19.4. The van der Waals surface area contributed by atoms with Crippen molar-refractivity contribution in [2.45, 2.75) is 91.4 Å². The van der Waals surface area contributed by atoms with E-state index in [-0.39, 0.29) is 0 Å². The molecule has 4 rings (SSSR count). The van der Waals surface area contributed by atoms with Crippen LogP contribution in [0.2, 0.25) is 0 Å². The Morgan fingerprint density at radius 1 is 1.07 bits per heavy atom. The van der Waals surface area contributed by atoms with Crippen LogP contribution in [0.1, 0.15) is 91.4 Å². The van der Waals surface area contributed by atoms with Crippen molar-refractivity contribution in [3.63, 3.8) is 0 Å². The summed E-state index contributed by atoms with van der Waals surface area (Å²) in [6.07, 6.45) is 11.8. The van der Waals surface area contributed by atoms with Gasteiger partial charge in [0, 0.05) is 19.3 Å². The predicted molar refractivity (Wildman–Crippen MR) is 106 cm³/mol. The molecule has 4 saturated carbocycles. The summed E-state index contributed by atoms with van der Waals surface area (Å²) in [5, 5.41) is 9.09. The van der Waals surface area contributed by atoms with Crippen LogP contribution in [0.15, 0.2) is 0 Å². The van der Waals surface area contributed by atoms with Gasteiger partial charge in [0.05, 0.1) is 0 Å². The van der Waals surface area contributed by atoms with Crippen LogP contribution < -0.4 is 0 Å². The molecule has 0 aromatic carbocycles. The van der Waals surface area contributed by atoms with Crippen molar-refractivity contribution in [2.24, 2.45) is 46.3 Å². The third kappa shape index (κ3) is 3.08. The van der Waals surface area contributed by atoms with Crippen molar-refractivity contribution in [3.05, 3.63) is 0 Å². The fourth-order valence-electron chi connectivity index (χ4n) is 8.57. The number of carboxylic acid groups (broad SMARTS) is 1. The lowest BCUT2D eigenvalue weighted by molar-refractivity contribution is -0.140. The molecular formula is C24H38O3. The van der Waals surface area contributed by atoms with Crippen molar-refractivity contribution in [3.8, 4) is 0 Å². The monoisotopic (exact) mass is 374 g/mol. The predicted octanol–water partition coefficient (Wildman–Crippen LogP) is 5.72. The zero-order valence-electron chi connectivity index (χ0n) is 17.5. The lowest BCUT2D eigenvalue weighted by Gasteiger charge is -2.60. The van der Waals surface area contributed by atoms with Crippen LogP contribution in [-0.2, 0) is 9.59 Å². The number of ketones is 1. The number of Topliss-reactive ketones (excluding diaryl/α,β-unsaturated/α-hetero) is 1. The van der Waals surface area contributed by atoms with Gasteiger partial charge >= 0.3 is 5.97 Å². The molecule has 3 nitrogen and oxygen atoms in total. The molecule has 3 heteroatoms. The van der Waals surface area contributed by atoms with Gasteiger partial charge in [0.2, 0.25) is 0 Å². The molecule has 0 heterocycles. The number of carbonyl (C=O) groups excluding carboxylic acids is 1. The lowest BCUT2D eigenvalue weighted by Crippen LogP contribution is -2.53. The third-order valence-electron chi connectivity index (χ3n) is 10.1. The van der Waals surface area contributed by atoms with Gasteiger partial charge in [-0.25, -0.2) is 0 Å². The second kappa shape index (κ2) is 6.88. The van der Waals surface area contributed by atoms with Crippen LogP contribution in [0.25, 0.3) is 0 Å². The molecule has 3 unspecified atom stereocenters. The Kier molecular flexibility index (Phi) is 4.96. The molecule has 0 bridgehead atoms. The normalized spacial score (nSPS) is 47.7. The van der Waals surface area contributed by atoms with Gasteiger partial charge in [-0.3, -0.25) is 9.59 Å². The summed E-state index contributed by atoms with van der Waals surface area (Å²) in [5.74, 6) is 4.19. The van der Waals surface area contributed by atoms with Crippen LogP contribution in [0.5, 0.6) is 0 Å². The van der Waals surface area contributed by atoms with Crippen molar-refractivity contribution in [2.75, 3.05) is 0 Å².